The minimum Gasteiger partial charge on any atom is -0.469 e. The minimum absolute atomic E-state index is 0.0258. The van der Waals surface area contributed by atoms with Gasteiger partial charge in [0.15, 0.2) is 0 Å². The average Bonchev–Trinajstić information content (AvgIpc) is 2.81. The second-order valence-electron chi connectivity index (χ2n) is 5.35. The summed E-state index contributed by atoms with van der Waals surface area (Å²) in [5.41, 5.74) is 1.12. The van der Waals surface area contributed by atoms with E-state index in [0.717, 1.165) is 18.4 Å². The van der Waals surface area contributed by atoms with Crippen LogP contribution >= 0.6 is 0 Å². The van der Waals surface area contributed by atoms with Crippen LogP contribution in [0.5, 0.6) is 0 Å². The van der Waals surface area contributed by atoms with Crippen molar-refractivity contribution >= 4 is 5.97 Å². The van der Waals surface area contributed by atoms with Gasteiger partial charge in [-0.15, -0.1) is 0 Å². The van der Waals surface area contributed by atoms with Gasteiger partial charge in [0.2, 0.25) is 0 Å². The third-order valence-electron chi connectivity index (χ3n) is 4.01. The average molecular weight is 278 g/mol. The van der Waals surface area contributed by atoms with Crippen molar-refractivity contribution in [1.29, 1.82) is 0 Å². The normalized spacial score (nSPS) is 25.6. The first-order valence-electron chi connectivity index (χ1n) is 7.07. The van der Waals surface area contributed by atoms with E-state index in [0.29, 0.717) is 19.6 Å². The van der Waals surface area contributed by atoms with E-state index in [1.165, 1.54) is 7.11 Å². The SMILES string of the molecule is COC(=O)C[C@H]1CC[C@@H](O)[C@@H]1COCc1ccccc1. The smallest absolute Gasteiger partial charge is 0.305 e. The van der Waals surface area contributed by atoms with Crippen LogP contribution in [0, 0.1) is 11.8 Å². The van der Waals surface area contributed by atoms with E-state index in [2.05, 4.69) is 0 Å². The highest BCUT2D eigenvalue weighted by Crippen LogP contribution is 2.35. The molecule has 1 aromatic rings. The predicted molar refractivity (Wildman–Crippen MR) is 75.0 cm³/mol. The van der Waals surface area contributed by atoms with Gasteiger partial charge >= 0.3 is 5.97 Å². The van der Waals surface area contributed by atoms with Crippen LogP contribution in [0.15, 0.2) is 30.3 Å². The fraction of sp³-hybridized carbons (Fsp3) is 0.562. The maximum absolute atomic E-state index is 11.4. The molecule has 0 heterocycles. The van der Waals surface area contributed by atoms with Crippen molar-refractivity contribution in [3.8, 4) is 0 Å². The predicted octanol–water partition coefficient (Wildman–Crippen LogP) is 2.15. The first-order chi connectivity index (χ1) is 9.70. The zero-order valence-electron chi connectivity index (χ0n) is 11.8. The summed E-state index contributed by atoms with van der Waals surface area (Å²) in [4.78, 5) is 11.4. The first kappa shape index (κ1) is 15.0. The molecule has 4 heteroatoms. The number of ether oxygens (including phenoxy) is 2. The highest BCUT2D eigenvalue weighted by molar-refractivity contribution is 5.69. The molecule has 1 aliphatic carbocycles. The number of carbonyl (C=O) groups is 1. The Morgan fingerprint density at radius 3 is 2.75 bits per heavy atom. The molecule has 2 rings (SSSR count). The van der Waals surface area contributed by atoms with Crippen LogP contribution in [0.2, 0.25) is 0 Å². The molecule has 0 saturated heterocycles. The van der Waals surface area contributed by atoms with Crippen molar-refractivity contribution in [3.63, 3.8) is 0 Å². The fourth-order valence-corrected chi connectivity index (χ4v) is 2.81. The lowest BCUT2D eigenvalue weighted by Crippen LogP contribution is -2.26. The topological polar surface area (TPSA) is 55.8 Å². The molecule has 3 atom stereocenters. The summed E-state index contributed by atoms with van der Waals surface area (Å²) in [6.45, 7) is 1.02. The summed E-state index contributed by atoms with van der Waals surface area (Å²) in [5, 5.41) is 10.0. The minimum atomic E-state index is -0.375. The van der Waals surface area contributed by atoms with Gasteiger partial charge in [0.1, 0.15) is 0 Å². The largest absolute Gasteiger partial charge is 0.469 e. The van der Waals surface area contributed by atoms with Gasteiger partial charge in [-0.05, 0) is 24.3 Å². The van der Waals surface area contributed by atoms with Gasteiger partial charge in [0, 0.05) is 12.3 Å². The molecule has 0 spiro atoms. The molecule has 0 unspecified atom stereocenters. The quantitative estimate of drug-likeness (QED) is 0.810. The van der Waals surface area contributed by atoms with Crippen LogP contribution in [0.1, 0.15) is 24.8 Å². The number of hydrogen-bond acceptors (Lipinski definition) is 4. The number of aliphatic hydroxyl groups excluding tert-OH is 1. The highest BCUT2D eigenvalue weighted by atomic mass is 16.5. The van der Waals surface area contributed by atoms with E-state index in [4.69, 9.17) is 9.47 Å². The van der Waals surface area contributed by atoms with E-state index >= 15 is 0 Å². The van der Waals surface area contributed by atoms with Crippen LogP contribution in [-0.2, 0) is 20.9 Å². The lowest BCUT2D eigenvalue weighted by atomic mass is 9.92. The molecule has 110 valence electrons. The van der Waals surface area contributed by atoms with Gasteiger partial charge in [-0.1, -0.05) is 30.3 Å². The zero-order valence-corrected chi connectivity index (χ0v) is 11.8. The first-order valence-corrected chi connectivity index (χ1v) is 7.07. The molecule has 1 fully saturated rings. The van der Waals surface area contributed by atoms with Crippen LogP contribution < -0.4 is 0 Å². The Morgan fingerprint density at radius 1 is 1.30 bits per heavy atom. The van der Waals surface area contributed by atoms with Gasteiger partial charge in [-0.25, -0.2) is 0 Å². The summed E-state index contributed by atoms with van der Waals surface area (Å²) in [7, 11) is 1.40. The number of carbonyl (C=O) groups excluding carboxylic acids is 1. The molecule has 0 bridgehead atoms. The number of hydrogen-bond donors (Lipinski definition) is 1. The van der Waals surface area contributed by atoms with Crippen LogP contribution in [0.3, 0.4) is 0 Å². The molecular formula is C16H22O4. The Morgan fingerprint density at radius 2 is 2.05 bits per heavy atom. The van der Waals surface area contributed by atoms with E-state index < -0.39 is 0 Å². The standard InChI is InChI=1S/C16H22O4/c1-19-16(18)9-13-7-8-15(17)14(13)11-20-10-12-5-3-2-4-6-12/h2-6,13-15,17H,7-11H2,1H3/t13-,14-,15-/m1/s1. The van der Waals surface area contributed by atoms with Crippen LogP contribution in [-0.4, -0.2) is 30.9 Å². The molecule has 1 N–H and O–H groups in total. The summed E-state index contributed by atoms with van der Waals surface area (Å²) in [6.07, 6.45) is 1.59. The van der Waals surface area contributed by atoms with E-state index in [9.17, 15) is 9.90 Å². The molecule has 1 aliphatic rings. The van der Waals surface area contributed by atoms with Crippen molar-refractivity contribution < 1.29 is 19.4 Å². The Balaban J connectivity index is 1.81. The van der Waals surface area contributed by atoms with Gasteiger partial charge < -0.3 is 14.6 Å². The Kier molecular flexibility index (Phi) is 5.56. The second-order valence-corrected chi connectivity index (χ2v) is 5.35. The molecule has 1 aromatic carbocycles. The third kappa shape index (κ3) is 4.05. The maximum atomic E-state index is 11.4. The lowest BCUT2D eigenvalue weighted by Gasteiger charge is -2.21. The molecule has 1 saturated carbocycles. The van der Waals surface area contributed by atoms with Crippen molar-refractivity contribution in [2.24, 2.45) is 11.8 Å². The van der Waals surface area contributed by atoms with E-state index in [-0.39, 0.29) is 23.9 Å². The van der Waals surface area contributed by atoms with Gasteiger partial charge in [0.25, 0.3) is 0 Å². The monoisotopic (exact) mass is 278 g/mol. The van der Waals surface area contributed by atoms with Gasteiger partial charge in [-0.3, -0.25) is 4.79 Å². The van der Waals surface area contributed by atoms with E-state index in [1.807, 2.05) is 30.3 Å². The molecular weight excluding hydrogens is 256 g/mol. The zero-order chi connectivity index (χ0) is 14.4. The summed E-state index contributed by atoms with van der Waals surface area (Å²) >= 11 is 0. The van der Waals surface area contributed by atoms with Crippen LogP contribution in [0.4, 0.5) is 0 Å². The number of benzene rings is 1. The fourth-order valence-electron chi connectivity index (χ4n) is 2.81. The highest BCUT2D eigenvalue weighted by Gasteiger charge is 2.36. The number of aliphatic hydroxyl groups is 1. The second kappa shape index (κ2) is 7.41. The lowest BCUT2D eigenvalue weighted by molar-refractivity contribution is -0.142. The number of esters is 1. The Bertz CT molecular complexity index is 418. The number of rotatable bonds is 6. The Labute approximate surface area is 119 Å². The molecule has 20 heavy (non-hydrogen) atoms. The summed E-state index contributed by atoms with van der Waals surface area (Å²) < 4.78 is 10.4. The van der Waals surface area contributed by atoms with Crippen molar-refractivity contribution in [3.05, 3.63) is 35.9 Å². The Hall–Kier alpha value is -1.39. The molecule has 4 nitrogen and oxygen atoms in total. The molecule has 0 aromatic heterocycles. The van der Waals surface area contributed by atoms with Crippen molar-refractivity contribution in [1.82, 2.24) is 0 Å². The van der Waals surface area contributed by atoms with E-state index in [1.54, 1.807) is 0 Å². The van der Waals surface area contributed by atoms with Gasteiger partial charge in [-0.2, -0.15) is 0 Å². The summed E-state index contributed by atoms with van der Waals surface area (Å²) in [6, 6.07) is 9.94. The van der Waals surface area contributed by atoms with Crippen LogP contribution in [0.25, 0.3) is 0 Å². The maximum Gasteiger partial charge on any atom is 0.305 e. The van der Waals surface area contributed by atoms with Crippen molar-refractivity contribution in [2.45, 2.75) is 32.0 Å². The summed E-state index contributed by atoms with van der Waals surface area (Å²) in [5.74, 6) is -0.0248. The number of methoxy groups -OCH3 is 1. The van der Waals surface area contributed by atoms with Crippen molar-refractivity contribution in [2.75, 3.05) is 13.7 Å². The third-order valence-corrected chi connectivity index (χ3v) is 4.01. The molecule has 0 aliphatic heterocycles. The molecule has 0 radical (unpaired) electrons. The van der Waals surface area contributed by atoms with Gasteiger partial charge in [0.05, 0.1) is 26.4 Å². The molecule has 0 amide bonds.